The van der Waals surface area contributed by atoms with Gasteiger partial charge in [-0.1, -0.05) is 27.2 Å². The highest BCUT2D eigenvalue weighted by Crippen LogP contribution is 2.63. The van der Waals surface area contributed by atoms with Crippen LogP contribution in [-0.4, -0.2) is 53.5 Å². The first kappa shape index (κ1) is 18.6. The second-order valence-corrected chi connectivity index (χ2v) is 9.73. The third kappa shape index (κ3) is 2.16. The number of ketones is 1. The van der Waals surface area contributed by atoms with Crippen molar-refractivity contribution in [2.45, 2.75) is 83.6 Å². The molecule has 6 heteroatoms. The normalized spacial score (nSPS) is 50.8. The molecule has 4 heterocycles. The lowest BCUT2D eigenvalue weighted by molar-refractivity contribution is -0.159. The van der Waals surface area contributed by atoms with Crippen LogP contribution in [0.15, 0.2) is 0 Å². The van der Waals surface area contributed by atoms with Gasteiger partial charge in [0.25, 0.3) is 0 Å². The summed E-state index contributed by atoms with van der Waals surface area (Å²) in [6.07, 6.45) is 4.79. The van der Waals surface area contributed by atoms with Crippen LogP contribution in [0.5, 0.6) is 0 Å². The van der Waals surface area contributed by atoms with E-state index in [0.29, 0.717) is 18.8 Å². The molecule has 154 valence electrons. The van der Waals surface area contributed by atoms with Crippen LogP contribution in [0.3, 0.4) is 0 Å². The number of ether oxygens (including phenoxy) is 2. The van der Waals surface area contributed by atoms with Crippen molar-refractivity contribution < 1.29 is 23.9 Å². The molecule has 0 aromatic heterocycles. The largest absolute Gasteiger partial charge is 0.461 e. The van der Waals surface area contributed by atoms with E-state index in [2.05, 4.69) is 11.8 Å². The average Bonchev–Trinajstić information content (AvgIpc) is 3.15. The summed E-state index contributed by atoms with van der Waals surface area (Å²) >= 11 is 0. The van der Waals surface area contributed by atoms with E-state index in [4.69, 9.17) is 9.47 Å². The van der Waals surface area contributed by atoms with Crippen LogP contribution in [-0.2, 0) is 23.9 Å². The van der Waals surface area contributed by atoms with Gasteiger partial charge in [0.15, 0.2) is 0 Å². The summed E-state index contributed by atoms with van der Waals surface area (Å²) in [4.78, 5) is 40.9. The van der Waals surface area contributed by atoms with Gasteiger partial charge in [0.05, 0.1) is 23.3 Å². The van der Waals surface area contributed by atoms with E-state index >= 15 is 0 Å². The van der Waals surface area contributed by atoms with E-state index in [1.807, 2.05) is 13.8 Å². The number of carbonyl (C=O) groups is 3. The molecule has 5 aliphatic rings. The standard InChI is InChI=1S/C22H31NO5/c1-4-13-14-7-5-6-8-23-15(16-9-11(2)20(25)27-16)10-17(24)22(18(14)23)12(3)21(26)28-19(13)22/h11-16,18-19H,4-10H2,1-3H3/t11-,12+,13-,14-,15-,16-,18?,19+,22+/m0/s1. The molecule has 28 heavy (non-hydrogen) atoms. The Labute approximate surface area is 166 Å². The van der Waals surface area contributed by atoms with Crippen molar-refractivity contribution in [1.82, 2.24) is 4.90 Å². The van der Waals surface area contributed by atoms with Gasteiger partial charge in [-0.2, -0.15) is 0 Å². The zero-order valence-corrected chi connectivity index (χ0v) is 17.1. The van der Waals surface area contributed by atoms with Crippen LogP contribution in [0.2, 0.25) is 0 Å². The third-order valence-electron chi connectivity index (χ3n) is 8.64. The molecule has 5 fully saturated rings. The lowest BCUT2D eigenvalue weighted by Crippen LogP contribution is -2.66. The molecule has 0 N–H and O–H groups in total. The minimum Gasteiger partial charge on any atom is -0.461 e. The number of nitrogens with zero attached hydrogens (tertiary/aromatic N) is 1. The van der Waals surface area contributed by atoms with Crippen molar-refractivity contribution in [3.05, 3.63) is 0 Å². The highest BCUT2D eigenvalue weighted by molar-refractivity contribution is 5.96. The minimum atomic E-state index is -0.711. The highest BCUT2D eigenvalue weighted by atomic mass is 16.6. The fourth-order valence-corrected chi connectivity index (χ4v) is 7.43. The van der Waals surface area contributed by atoms with Gasteiger partial charge in [0.1, 0.15) is 18.0 Å². The molecule has 4 aliphatic heterocycles. The maximum Gasteiger partial charge on any atom is 0.310 e. The molecule has 5 rings (SSSR count). The van der Waals surface area contributed by atoms with E-state index in [-0.39, 0.29) is 59.8 Å². The van der Waals surface area contributed by atoms with E-state index in [1.165, 1.54) is 0 Å². The Morgan fingerprint density at radius 1 is 1.11 bits per heavy atom. The van der Waals surface area contributed by atoms with Crippen molar-refractivity contribution in [3.63, 3.8) is 0 Å². The van der Waals surface area contributed by atoms with Gasteiger partial charge in [0, 0.05) is 18.4 Å². The van der Waals surface area contributed by atoms with E-state index in [9.17, 15) is 14.4 Å². The molecule has 1 spiro atoms. The molecule has 0 radical (unpaired) electrons. The summed E-state index contributed by atoms with van der Waals surface area (Å²) in [6.45, 7) is 6.87. The predicted molar refractivity (Wildman–Crippen MR) is 100 cm³/mol. The molecule has 0 aromatic rings. The number of cyclic esters (lactones) is 1. The van der Waals surface area contributed by atoms with Crippen LogP contribution in [0.25, 0.3) is 0 Å². The number of rotatable bonds is 2. The summed E-state index contributed by atoms with van der Waals surface area (Å²) < 4.78 is 11.6. The quantitative estimate of drug-likeness (QED) is 0.675. The van der Waals surface area contributed by atoms with Gasteiger partial charge < -0.3 is 9.47 Å². The monoisotopic (exact) mass is 389 g/mol. The Bertz CT molecular complexity index is 722. The highest BCUT2D eigenvalue weighted by Gasteiger charge is 2.75. The van der Waals surface area contributed by atoms with Crippen LogP contribution < -0.4 is 0 Å². The van der Waals surface area contributed by atoms with Crippen LogP contribution in [0, 0.1) is 29.1 Å². The number of carbonyl (C=O) groups excluding carboxylic acids is 3. The molecule has 1 aliphatic carbocycles. The molecule has 1 saturated carbocycles. The van der Waals surface area contributed by atoms with Crippen molar-refractivity contribution in [2.75, 3.05) is 6.54 Å². The second kappa shape index (κ2) is 6.28. The second-order valence-electron chi connectivity index (χ2n) is 9.73. The maximum atomic E-state index is 13.8. The van der Waals surface area contributed by atoms with Crippen LogP contribution in [0.1, 0.15) is 59.3 Å². The first-order valence-corrected chi connectivity index (χ1v) is 11.1. The molecule has 0 bridgehead atoms. The lowest BCUT2D eigenvalue weighted by atomic mass is 9.63. The molecular weight excluding hydrogens is 358 g/mol. The minimum absolute atomic E-state index is 0.0345. The first-order valence-electron chi connectivity index (χ1n) is 11.1. The number of hydrogen-bond acceptors (Lipinski definition) is 6. The van der Waals surface area contributed by atoms with Gasteiger partial charge in [-0.05, 0) is 38.1 Å². The molecule has 0 aromatic carbocycles. The van der Waals surface area contributed by atoms with Gasteiger partial charge in [0.2, 0.25) is 0 Å². The Morgan fingerprint density at radius 3 is 2.57 bits per heavy atom. The first-order chi connectivity index (χ1) is 13.4. The zero-order valence-electron chi connectivity index (χ0n) is 17.1. The average molecular weight is 389 g/mol. The number of esters is 2. The van der Waals surface area contributed by atoms with Gasteiger partial charge in [-0.15, -0.1) is 0 Å². The number of piperidine rings is 1. The smallest absolute Gasteiger partial charge is 0.310 e. The number of hydrogen-bond donors (Lipinski definition) is 0. The van der Waals surface area contributed by atoms with Gasteiger partial charge >= 0.3 is 11.9 Å². The van der Waals surface area contributed by atoms with Crippen LogP contribution in [0.4, 0.5) is 0 Å². The van der Waals surface area contributed by atoms with Crippen molar-refractivity contribution >= 4 is 17.7 Å². The van der Waals surface area contributed by atoms with Gasteiger partial charge in [-0.3, -0.25) is 19.3 Å². The fraction of sp³-hybridized carbons (Fsp3) is 0.864. The third-order valence-corrected chi connectivity index (χ3v) is 8.64. The van der Waals surface area contributed by atoms with E-state index in [0.717, 1.165) is 32.2 Å². The summed E-state index contributed by atoms with van der Waals surface area (Å²) in [5.41, 5.74) is -0.711. The van der Waals surface area contributed by atoms with E-state index < -0.39 is 5.41 Å². The topological polar surface area (TPSA) is 72.9 Å². The summed E-state index contributed by atoms with van der Waals surface area (Å²) in [7, 11) is 0. The fourth-order valence-electron chi connectivity index (χ4n) is 7.43. The Morgan fingerprint density at radius 2 is 1.89 bits per heavy atom. The maximum absolute atomic E-state index is 13.8. The zero-order chi connectivity index (χ0) is 19.8. The molecule has 9 atom stereocenters. The summed E-state index contributed by atoms with van der Waals surface area (Å²) in [6, 6.07) is -0.0240. The van der Waals surface area contributed by atoms with Crippen LogP contribution >= 0.6 is 0 Å². The summed E-state index contributed by atoms with van der Waals surface area (Å²) in [5, 5.41) is 0. The molecule has 0 amide bonds. The summed E-state index contributed by atoms with van der Waals surface area (Å²) in [5.74, 6) is -0.0667. The molecule has 1 unspecified atom stereocenters. The predicted octanol–water partition coefficient (Wildman–Crippen LogP) is 2.34. The van der Waals surface area contributed by atoms with E-state index in [1.54, 1.807) is 0 Å². The Hall–Kier alpha value is -1.43. The molecular formula is C22H31NO5. The van der Waals surface area contributed by atoms with Crippen molar-refractivity contribution in [3.8, 4) is 0 Å². The number of Topliss-reactive ketones (excluding diaryl/α,β-unsaturated/α-hetero) is 1. The lowest BCUT2D eigenvalue weighted by Gasteiger charge is -2.51. The molecule has 4 saturated heterocycles. The molecule has 6 nitrogen and oxygen atoms in total. The SMILES string of the molecule is CC[C@H]1[C@@H]2CCCCN3C2[C@]2(C(=O)C[C@H]3[C@@H]3C[C@H](C)C(=O)O3)[C@H](C)C(=O)O[C@H]12. The van der Waals surface area contributed by atoms with Crippen molar-refractivity contribution in [2.24, 2.45) is 29.1 Å². The van der Waals surface area contributed by atoms with Crippen molar-refractivity contribution in [1.29, 1.82) is 0 Å². The Balaban J connectivity index is 1.60. The van der Waals surface area contributed by atoms with Gasteiger partial charge in [-0.25, -0.2) is 0 Å². The Kier molecular flexibility index (Phi) is 4.17.